The van der Waals surface area contributed by atoms with Gasteiger partial charge in [0.25, 0.3) is 0 Å². The molecule has 0 aromatic heterocycles. The lowest BCUT2D eigenvalue weighted by Gasteiger charge is -2.29. The van der Waals surface area contributed by atoms with Gasteiger partial charge in [-0.25, -0.2) is 8.42 Å². The topological polar surface area (TPSA) is 63.4 Å². The van der Waals surface area contributed by atoms with Gasteiger partial charge in [-0.1, -0.05) is 48.9 Å². The molecule has 3 atom stereocenters. The Balaban J connectivity index is 1.63. The maximum absolute atomic E-state index is 13.2. The highest BCUT2D eigenvalue weighted by molar-refractivity contribution is 7.89. The fraction of sp³-hybridized carbons (Fsp3) is 0.400. The Labute approximate surface area is 149 Å². The number of nitrogens with zero attached hydrogens (tertiary/aromatic N) is 1. The predicted molar refractivity (Wildman–Crippen MR) is 99.4 cm³/mol. The number of benzene rings is 2. The maximum atomic E-state index is 13.2. The molecule has 5 heteroatoms. The molecule has 1 aliphatic heterocycles. The van der Waals surface area contributed by atoms with Crippen LogP contribution < -0.4 is 5.73 Å². The SMILES string of the molecule is NC1CCCC2CN(S(=O)(=O)c3cccc(-c4ccccc4)c3)CC12. The van der Waals surface area contributed by atoms with Gasteiger partial charge in [-0.3, -0.25) is 0 Å². The van der Waals surface area contributed by atoms with E-state index in [1.165, 1.54) is 0 Å². The first-order valence-corrected chi connectivity index (χ1v) is 10.4. The van der Waals surface area contributed by atoms with Gasteiger partial charge in [-0.15, -0.1) is 0 Å². The molecule has 0 bridgehead atoms. The van der Waals surface area contributed by atoms with Crippen LogP contribution in [0.25, 0.3) is 11.1 Å². The van der Waals surface area contributed by atoms with Crippen LogP contribution >= 0.6 is 0 Å². The van der Waals surface area contributed by atoms with Crippen molar-refractivity contribution in [3.8, 4) is 11.1 Å². The van der Waals surface area contributed by atoms with Crippen molar-refractivity contribution in [2.24, 2.45) is 17.6 Å². The van der Waals surface area contributed by atoms with Gasteiger partial charge in [0.2, 0.25) is 10.0 Å². The third-order valence-electron chi connectivity index (χ3n) is 5.70. The Kier molecular flexibility index (Phi) is 4.40. The molecule has 1 saturated carbocycles. The van der Waals surface area contributed by atoms with Crippen molar-refractivity contribution < 1.29 is 8.42 Å². The summed E-state index contributed by atoms with van der Waals surface area (Å²) in [4.78, 5) is 0.376. The van der Waals surface area contributed by atoms with Crippen LogP contribution in [0.1, 0.15) is 19.3 Å². The van der Waals surface area contributed by atoms with Crippen LogP contribution in [-0.4, -0.2) is 31.9 Å². The Morgan fingerprint density at radius 1 is 0.920 bits per heavy atom. The van der Waals surface area contributed by atoms with E-state index in [1.54, 1.807) is 16.4 Å². The molecule has 1 aliphatic carbocycles. The van der Waals surface area contributed by atoms with E-state index in [-0.39, 0.29) is 6.04 Å². The van der Waals surface area contributed by atoms with E-state index in [2.05, 4.69) is 0 Å². The van der Waals surface area contributed by atoms with Crippen molar-refractivity contribution in [1.82, 2.24) is 4.31 Å². The number of rotatable bonds is 3. The largest absolute Gasteiger partial charge is 0.327 e. The quantitative estimate of drug-likeness (QED) is 0.919. The highest BCUT2D eigenvalue weighted by atomic mass is 32.2. The minimum Gasteiger partial charge on any atom is -0.327 e. The van der Waals surface area contributed by atoms with E-state index in [4.69, 9.17) is 5.73 Å². The van der Waals surface area contributed by atoms with Gasteiger partial charge >= 0.3 is 0 Å². The molecule has 2 aromatic rings. The van der Waals surface area contributed by atoms with E-state index < -0.39 is 10.0 Å². The summed E-state index contributed by atoms with van der Waals surface area (Å²) in [5.74, 6) is 0.719. The Hall–Kier alpha value is -1.69. The van der Waals surface area contributed by atoms with Gasteiger partial charge in [0.15, 0.2) is 0 Å². The summed E-state index contributed by atoms with van der Waals surface area (Å²) in [6.07, 6.45) is 3.21. The first-order chi connectivity index (χ1) is 12.1. The highest BCUT2D eigenvalue weighted by Gasteiger charge is 2.43. The third kappa shape index (κ3) is 3.12. The second-order valence-corrected chi connectivity index (χ2v) is 9.17. The number of hydrogen-bond acceptors (Lipinski definition) is 3. The number of nitrogens with two attached hydrogens (primary N) is 1. The van der Waals surface area contributed by atoms with Crippen LogP contribution in [0.2, 0.25) is 0 Å². The summed E-state index contributed by atoms with van der Waals surface area (Å²) >= 11 is 0. The summed E-state index contributed by atoms with van der Waals surface area (Å²) < 4.78 is 28.0. The maximum Gasteiger partial charge on any atom is 0.243 e. The van der Waals surface area contributed by atoms with Crippen molar-refractivity contribution in [2.75, 3.05) is 13.1 Å². The molecule has 4 nitrogen and oxygen atoms in total. The number of sulfonamides is 1. The van der Waals surface area contributed by atoms with Crippen molar-refractivity contribution in [3.05, 3.63) is 54.6 Å². The third-order valence-corrected chi connectivity index (χ3v) is 7.53. The lowest BCUT2D eigenvalue weighted by Crippen LogP contribution is -2.38. The average Bonchev–Trinajstić information content (AvgIpc) is 3.09. The standard InChI is InChI=1S/C20H24N2O2S/c21-20-11-5-9-17-13-22(14-19(17)20)25(23,24)18-10-4-8-16(12-18)15-6-2-1-3-7-15/h1-4,6-8,10,12,17,19-20H,5,9,11,13-14,21H2. The Morgan fingerprint density at radius 2 is 1.68 bits per heavy atom. The molecule has 132 valence electrons. The van der Waals surface area contributed by atoms with E-state index in [0.29, 0.717) is 29.8 Å². The van der Waals surface area contributed by atoms with Gasteiger partial charge in [-0.05, 0) is 47.9 Å². The molecule has 25 heavy (non-hydrogen) atoms. The average molecular weight is 356 g/mol. The summed E-state index contributed by atoms with van der Waals surface area (Å²) in [5.41, 5.74) is 8.19. The van der Waals surface area contributed by atoms with Crippen molar-refractivity contribution in [2.45, 2.75) is 30.2 Å². The predicted octanol–water partition coefficient (Wildman–Crippen LogP) is 3.10. The van der Waals surface area contributed by atoms with Gasteiger partial charge in [0.05, 0.1) is 4.90 Å². The normalized spacial score (nSPS) is 27.2. The molecule has 4 rings (SSSR count). The van der Waals surface area contributed by atoms with Crippen LogP contribution in [0.5, 0.6) is 0 Å². The molecule has 0 radical (unpaired) electrons. The zero-order valence-corrected chi connectivity index (χ0v) is 15.0. The first kappa shape index (κ1) is 16.8. The molecule has 2 N–H and O–H groups in total. The minimum atomic E-state index is -3.47. The molecule has 2 fully saturated rings. The Morgan fingerprint density at radius 3 is 2.44 bits per heavy atom. The van der Waals surface area contributed by atoms with E-state index in [9.17, 15) is 8.42 Å². The van der Waals surface area contributed by atoms with Crippen molar-refractivity contribution in [1.29, 1.82) is 0 Å². The molecular formula is C20H24N2O2S. The second kappa shape index (κ2) is 6.56. The van der Waals surface area contributed by atoms with Gasteiger partial charge in [0.1, 0.15) is 0 Å². The van der Waals surface area contributed by atoms with Crippen molar-refractivity contribution >= 4 is 10.0 Å². The lowest BCUT2D eigenvalue weighted by molar-refractivity contribution is 0.260. The van der Waals surface area contributed by atoms with Crippen LogP contribution in [-0.2, 0) is 10.0 Å². The van der Waals surface area contributed by atoms with Crippen LogP contribution in [0.15, 0.2) is 59.5 Å². The monoisotopic (exact) mass is 356 g/mol. The van der Waals surface area contributed by atoms with E-state index in [0.717, 1.165) is 30.4 Å². The molecule has 0 spiro atoms. The second-order valence-electron chi connectivity index (χ2n) is 7.23. The van der Waals surface area contributed by atoms with Gasteiger partial charge < -0.3 is 5.73 Å². The molecule has 0 amide bonds. The van der Waals surface area contributed by atoms with Crippen LogP contribution in [0.3, 0.4) is 0 Å². The fourth-order valence-electron chi connectivity index (χ4n) is 4.29. The van der Waals surface area contributed by atoms with Crippen LogP contribution in [0.4, 0.5) is 0 Å². The zero-order chi connectivity index (χ0) is 17.4. The first-order valence-electron chi connectivity index (χ1n) is 8.97. The molecule has 1 saturated heterocycles. The number of fused-ring (bicyclic) bond motifs is 1. The Bertz CT molecular complexity index is 851. The van der Waals surface area contributed by atoms with Gasteiger partial charge in [-0.2, -0.15) is 4.31 Å². The minimum absolute atomic E-state index is 0.134. The van der Waals surface area contributed by atoms with E-state index >= 15 is 0 Å². The molecule has 3 unspecified atom stereocenters. The summed E-state index contributed by atoms with van der Waals surface area (Å²) in [6.45, 7) is 1.17. The molecule has 2 aliphatic rings. The van der Waals surface area contributed by atoms with E-state index in [1.807, 2.05) is 42.5 Å². The molecule has 1 heterocycles. The summed E-state index contributed by atoms with van der Waals surface area (Å²) in [5, 5.41) is 0. The van der Waals surface area contributed by atoms with Crippen LogP contribution in [0, 0.1) is 11.8 Å². The molecular weight excluding hydrogens is 332 g/mol. The molecule has 2 aromatic carbocycles. The summed E-state index contributed by atoms with van der Waals surface area (Å²) in [6, 6.07) is 17.3. The highest BCUT2D eigenvalue weighted by Crippen LogP contribution is 2.38. The van der Waals surface area contributed by atoms with Gasteiger partial charge in [0, 0.05) is 19.1 Å². The van der Waals surface area contributed by atoms with Crippen molar-refractivity contribution in [3.63, 3.8) is 0 Å². The fourth-order valence-corrected chi connectivity index (χ4v) is 5.87. The zero-order valence-electron chi connectivity index (χ0n) is 14.2. The number of hydrogen-bond donors (Lipinski definition) is 1. The smallest absolute Gasteiger partial charge is 0.243 e. The summed E-state index contributed by atoms with van der Waals surface area (Å²) in [7, 11) is -3.47. The lowest BCUT2D eigenvalue weighted by atomic mass is 9.78.